The third-order valence-electron chi connectivity index (χ3n) is 2.25. The van der Waals surface area contributed by atoms with Gasteiger partial charge in [0.05, 0.1) is 0 Å². The Morgan fingerprint density at radius 1 is 1.60 bits per heavy atom. The third-order valence-corrected chi connectivity index (χ3v) is 2.25. The van der Waals surface area contributed by atoms with Crippen molar-refractivity contribution in [2.45, 2.75) is 26.3 Å². The van der Waals surface area contributed by atoms with Crippen molar-refractivity contribution >= 4 is 0 Å². The van der Waals surface area contributed by atoms with Crippen LogP contribution in [0.3, 0.4) is 0 Å². The molecule has 2 heteroatoms. The minimum atomic E-state index is 0.756. The van der Waals surface area contributed by atoms with Crippen molar-refractivity contribution < 1.29 is 0 Å². The lowest BCUT2D eigenvalue weighted by molar-refractivity contribution is 0.301. The van der Waals surface area contributed by atoms with Gasteiger partial charge in [0.1, 0.15) is 0 Å². The Morgan fingerprint density at radius 2 is 2.40 bits per heavy atom. The van der Waals surface area contributed by atoms with Crippen LogP contribution in [0.2, 0.25) is 0 Å². The molecule has 10 heavy (non-hydrogen) atoms. The number of rotatable bonds is 2. The first kappa shape index (κ1) is 8.02. The highest BCUT2D eigenvalue weighted by atomic mass is 15.0. The molecule has 2 nitrogen and oxygen atoms in total. The van der Waals surface area contributed by atoms with E-state index in [0.29, 0.717) is 0 Å². The van der Waals surface area contributed by atoms with E-state index in [1.54, 1.807) is 0 Å². The summed E-state index contributed by atoms with van der Waals surface area (Å²) in [6, 6.07) is 0.756. The van der Waals surface area contributed by atoms with Gasteiger partial charge in [-0.15, -0.1) is 0 Å². The average molecular weight is 142 g/mol. The minimum Gasteiger partial charge on any atom is -0.316 e. The zero-order valence-electron chi connectivity index (χ0n) is 6.98. The molecule has 1 rings (SSSR count). The van der Waals surface area contributed by atoms with Gasteiger partial charge in [-0.1, -0.05) is 13.8 Å². The summed E-state index contributed by atoms with van der Waals surface area (Å²) in [5.41, 5.74) is 0. The maximum Gasteiger partial charge on any atom is 0.0117 e. The van der Waals surface area contributed by atoms with E-state index in [9.17, 15) is 0 Å². The molecule has 1 aliphatic rings. The number of hydrogen-bond acceptors (Lipinski definition) is 2. The maximum absolute atomic E-state index is 3.49. The monoisotopic (exact) mass is 142 g/mol. The van der Waals surface area contributed by atoms with Gasteiger partial charge in [-0.05, 0) is 32.0 Å². The second-order valence-corrected chi connectivity index (χ2v) is 3.13. The molecule has 0 aromatic heterocycles. The quantitative estimate of drug-likeness (QED) is 0.590. The van der Waals surface area contributed by atoms with Gasteiger partial charge in [0.2, 0.25) is 0 Å². The largest absolute Gasteiger partial charge is 0.316 e. The van der Waals surface area contributed by atoms with Crippen molar-refractivity contribution in [1.29, 1.82) is 0 Å². The van der Waals surface area contributed by atoms with E-state index in [-0.39, 0.29) is 0 Å². The van der Waals surface area contributed by atoms with Crippen LogP contribution in [0.25, 0.3) is 0 Å². The van der Waals surface area contributed by atoms with Crippen LogP contribution in [0.4, 0.5) is 0 Å². The molecule has 0 radical (unpaired) electrons. The van der Waals surface area contributed by atoms with Crippen molar-refractivity contribution in [1.82, 2.24) is 10.6 Å². The first-order chi connectivity index (χ1) is 4.84. The van der Waals surface area contributed by atoms with Gasteiger partial charge in [0.15, 0.2) is 0 Å². The van der Waals surface area contributed by atoms with Crippen molar-refractivity contribution in [2.24, 2.45) is 5.92 Å². The molecule has 1 fully saturated rings. The van der Waals surface area contributed by atoms with E-state index in [2.05, 4.69) is 24.5 Å². The number of nitrogens with one attached hydrogen (secondary N) is 2. The molecule has 1 heterocycles. The zero-order valence-corrected chi connectivity index (χ0v) is 6.98. The second-order valence-electron chi connectivity index (χ2n) is 3.13. The maximum atomic E-state index is 3.49. The van der Waals surface area contributed by atoms with Crippen molar-refractivity contribution in [3.05, 3.63) is 0 Å². The molecule has 1 saturated heterocycles. The van der Waals surface area contributed by atoms with Gasteiger partial charge in [-0.25, -0.2) is 0 Å². The predicted molar refractivity (Wildman–Crippen MR) is 44.1 cm³/mol. The Bertz CT molecular complexity index is 91.3. The van der Waals surface area contributed by atoms with Crippen LogP contribution in [-0.4, -0.2) is 25.7 Å². The van der Waals surface area contributed by atoms with E-state index >= 15 is 0 Å². The molecular formula is C8H18N2. The van der Waals surface area contributed by atoms with E-state index in [0.717, 1.165) is 18.5 Å². The van der Waals surface area contributed by atoms with Gasteiger partial charge in [0.25, 0.3) is 0 Å². The third kappa shape index (κ3) is 1.96. The summed E-state index contributed by atoms with van der Waals surface area (Å²) >= 11 is 0. The summed E-state index contributed by atoms with van der Waals surface area (Å²) in [5, 5.41) is 6.88. The fourth-order valence-electron chi connectivity index (χ4n) is 1.58. The molecule has 60 valence electrons. The number of hydrogen-bond donors (Lipinski definition) is 2. The molecule has 0 aromatic rings. The first-order valence-corrected chi connectivity index (χ1v) is 4.28. The lowest BCUT2D eigenvalue weighted by Crippen LogP contribution is -2.46. The Kier molecular flexibility index (Phi) is 3.16. The van der Waals surface area contributed by atoms with Crippen LogP contribution >= 0.6 is 0 Å². The summed E-state index contributed by atoms with van der Waals surface area (Å²) in [7, 11) is 0. The SMILES string of the molecule is CCNC1CCNCC1C. The molecular weight excluding hydrogens is 124 g/mol. The summed E-state index contributed by atoms with van der Waals surface area (Å²) in [4.78, 5) is 0. The number of piperidine rings is 1. The summed E-state index contributed by atoms with van der Waals surface area (Å²) in [6.45, 7) is 7.95. The minimum absolute atomic E-state index is 0.756. The fraction of sp³-hybridized carbons (Fsp3) is 1.00. The van der Waals surface area contributed by atoms with E-state index < -0.39 is 0 Å². The predicted octanol–water partition coefficient (Wildman–Crippen LogP) is 0.594. The Labute approximate surface area is 63.4 Å². The highest BCUT2D eigenvalue weighted by molar-refractivity contribution is 4.79. The van der Waals surface area contributed by atoms with Crippen LogP contribution in [0.15, 0.2) is 0 Å². The summed E-state index contributed by atoms with van der Waals surface area (Å²) in [6.07, 6.45) is 1.29. The molecule has 2 unspecified atom stereocenters. The Morgan fingerprint density at radius 3 is 3.00 bits per heavy atom. The van der Waals surface area contributed by atoms with Crippen LogP contribution in [0.1, 0.15) is 20.3 Å². The van der Waals surface area contributed by atoms with E-state index in [4.69, 9.17) is 0 Å². The van der Waals surface area contributed by atoms with Crippen molar-refractivity contribution in [3.63, 3.8) is 0 Å². The molecule has 0 aromatic carbocycles. The molecule has 0 bridgehead atoms. The molecule has 2 N–H and O–H groups in total. The van der Waals surface area contributed by atoms with Crippen LogP contribution in [0.5, 0.6) is 0 Å². The molecule has 0 saturated carbocycles. The Hall–Kier alpha value is -0.0800. The van der Waals surface area contributed by atoms with E-state index in [1.165, 1.54) is 19.5 Å². The molecule has 0 spiro atoms. The fourth-order valence-corrected chi connectivity index (χ4v) is 1.58. The molecule has 1 aliphatic heterocycles. The summed E-state index contributed by atoms with van der Waals surface area (Å²) in [5.74, 6) is 0.800. The topological polar surface area (TPSA) is 24.1 Å². The average Bonchev–Trinajstić information content (AvgIpc) is 1.94. The molecule has 0 aliphatic carbocycles. The molecule has 2 atom stereocenters. The van der Waals surface area contributed by atoms with Crippen molar-refractivity contribution in [2.75, 3.05) is 19.6 Å². The normalized spacial score (nSPS) is 34.2. The molecule has 0 amide bonds. The van der Waals surface area contributed by atoms with Crippen LogP contribution < -0.4 is 10.6 Å². The standard InChI is InChI=1S/C8H18N2/c1-3-10-8-4-5-9-6-7(8)2/h7-10H,3-6H2,1-2H3. The van der Waals surface area contributed by atoms with Gasteiger partial charge >= 0.3 is 0 Å². The summed E-state index contributed by atoms with van der Waals surface area (Å²) < 4.78 is 0. The zero-order chi connectivity index (χ0) is 7.40. The highest BCUT2D eigenvalue weighted by Crippen LogP contribution is 2.09. The second kappa shape index (κ2) is 3.94. The van der Waals surface area contributed by atoms with Crippen LogP contribution in [-0.2, 0) is 0 Å². The van der Waals surface area contributed by atoms with Gasteiger partial charge in [0, 0.05) is 6.04 Å². The van der Waals surface area contributed by atoms with Gasteiger partial charge in [-0.3, -0.25) is 0 Å². The lowest BCUT2D eigenvalue weighted by atomic mass is 9.95. The van der Waals surface area contributed by atoms with Crippen molar-refractivity contribution in [3.8, 4) is 0 Å². The lowest BCUT2D eigenvalue weighted by Gasteiger charge is -2.29. The first-order valence-electron chi connectivity index (χ1n) is 4.28. The highest BCUT2D eigenvalue weighted by Gasteiger charge is 2.18. The van der Waals surface area contributed by atoms with Crippen LogP contribution in [0, 0.1) is 5.92 Å². The Balaban J connectivity index is 2.25. The van der Waals surface area contributed by atoms with Gasteiger partial charge < -0.3 is 10.6 Å². The van der Waals surface area contributed by atoms with Gasteiger partial charge in [-0.2, -0.15) is 0 Å². The smallest absolute Gasteiger partial charge is 0.0117 e. The van der Waals surface area contributed by atoms with E-state index in [1.807, 2.05) is 0 Å².